The Morgan fingerprint density at radius 3 is 2.44 bits per heavy atom. The molecule has 9 heavy (non-hydrogen) atoms. The smallest absolute Gasteiger partial charge is 0.00466 e. The zero-order valence-corrected chi connectivity index (χ0v) is 6.54. The van der Waals surface area contributed by atoms with Gasteiger partial charge in [-0.15, -0.1) is 0 Å². The van der Waals surface area contributed by atoms with Crippen LogP contribution in [-0.2, 0) is 0 Å². The molecule has 1 aliphatic carbocycles. The van der Waals surface area contributed by atoms with Crippen LogP contribution in [0.1, 0.15) is 32.6 Å². The predicted molar refractivity (Wildman–Crippen MR) is 40.5 cm³/mol. The molecule has 1 nitrogen and oxygen atoms in total. The van der Waals surface area contributed by atoms with Crippen molar-refractivity contribution in [3.05, 3.63) is 0 Å². The number of rotatable bonds is 4. The fourth-order valence-electron chi connectivity index (χ4n) is 1.35. The molecular weight excluding hydrogens is 110 g/mol. The fraction of sp³-hybridized carbons (Fsp3) is 1.00. The van der Waals surface area contributed by atoms with Gasteiger partial charge in [0.25, 0.3) is 0 Å². The Morgan fingerprint density at radius 1 is 1.44 bits per heavy atom. The molecule has 0 unspecified atom stereocenters. The monoisotopic (exact) mass is 127 g/mol. The summed E-state index contributed by atoms with van der Waals surface area (Å²) in [6.45, 7) is 3.51. The Labute approximate surface area is 57.8 Å². The Balaban J connectivity index is 2.10. The molecule has 0 aromatic carbocycles. The van der Waals surface area contributed by atoms with Crippen molar-refractivity contribution in [1.82, 2.24) is 5.32 Å². The number of nitrogens with one attached hydrogen (secondary N) is 1. The molecule has 0 heterocycles. The summed E-state index contributed by atoms with van der Waals surface area (Å²) in [4.78, 5) is 0. The summed E-state index contributed by atoms with van der Waals surface area (Å²) < 4.78 is 0. The van der Waals surface area contributed by atoms with E-state index in [-0.39, 0.29) is 0 Å². The maximum absolute atomic E-state index is 3.20. The molecule has 0 radical (unpaired) electrons. The van der Waals surface area contributed by atoms with Gasteiger partial charge in [0, 0.05) is 0 Å². The maximum Gasteiger partial charge on any atom is -0.00466 e. The van der Waals surface area contributed by atoms with Crippen molar-refractivity contribution in [1.29, 1.82) is 0 Å². The van der Waals surface area contributed by atoms with Crippen LogP contribution in [0.4, 0.5) is 0 Å². The molecule has 1 saturated carbocycles. The molecule has 0 atom stereocenters. The SMILES string of the molecule is CCC1(CCNC)CC1. The highest BCUT2D eigenvalue weighted by Crippen LogP contribution is 2.51. The van der Waals surface area contributed by atoms with Crippen molar-refractivity contribution in [2.24, 2.45) is 5.41 Å². The zero-order valence-electron chi connectivity index (χ0n) is 6.54. The van der Waals surface area contributed by atoms with Crippen LogP contribution >= 0.6 is 0 Å². The fourth-order valence-corrected chi connectivity index (χ4v) is 1.35. The third-order valence-corrected chi connectivity index (χ3v) is 2.61. The van der Waals surface area contributed by atoms with E-state index >= 15 is 0 Å². The highest BCUT2D eigenvalue weighted by molar-refractivity contribution is 4.91. The normalized spacial score (nSPS) is 22.0. The lowest BCUT2D eigenvalue weighted by Crippen LogP contribution is -2.13. The largest absolute Gasteiger partial charge is 0.320 e. The average Bonchev–Trinajstić information content (AvgIpc) is 2.65. The first-order valence-electron chi connectivity index (χ1n) is 3.97. The Bertz CT molecular complexity index is 84.6. The van der Waals surface area contributed by atoms with E-state index < -0.39 is 0 Å². The van der Waals surface area contributed by atoms with Crippen LogP contribution in [0.25, 0.3) is 0 Å². The molecule has 0 aromatic rings. The summed E-state index contributed by atoms with van der Waals surface area (Å²) in [6, 6.07) is 0. The van der Waals surface area contributed by atoms with Gasteiger partial charge in [0.05, 0.1) is 0 Å². The van der Waals surface area contributed by atoms with E-state index in [0.29, 0.717) is 0 Å². The maximum atomic E-state index is 3.20. The second-order valence-electron chi connectivity index (χ2n) is 3.21. The lowest BCUT2D eigenvalue weighted by Gasteiger charge is -2.09. The summed E-state index contributed by atoms with van der Waals surface area (Å²) in [5.41, 5.74) is 0.781. The van der Waals surface area contributed by atoms with Gasteiger partial charge in [-0.3, -0.25) is 0 Å². The molecular formula is C8H17N. The Kier molecular flexibility index (Phi) is 2.12. The first-order chi connectivity index (χ1) is 4.33. The van der Waals surface area contributed by atoms with Gasteiger partial charge in [-0.25, -0.2) is 0 Å². The quantitative estimate of drug-likeness (QED) is 0.607. The van der Waals surface area contributed by atoms with Crippen molar-refractivity contribution in [2.45, 2.75) is 32.6 Å². The van der Waals surface area contributed by atoms with Crippen LogP contribution in [-0.4, -0.2) is 13.6 Å². The van der Waals surface area contributed by atoms with E-state index in [4.69, 9.17) is 0 Å². The molecule has 1 aliphatic rings. The van der Waals surface area contributed by atoms with E-state index in [9.17, 15) is 0 Å². The van der Waals surface area contributed by atoms with Crippen molar-refractivity contribution in [2.75, 3.05) is 13.6 Å². The summed E-state index contributed by atoms with van der Waals surface area (Å²) in [5, 5.41) is 3.20. The topological polar surface area (TPSA) is 12.0 Å². The summed E-state index contributed by atoms with van der Waals surface area (Å²) in [5.74, 6) is 0. The highest BCUT2D eigenvalue weighted by atomic mass is 14.8. The predicted octanol–water partition coefficient (Wildman–Crippen LogP) is 1.79. The molecule has 0 saturated heterocycles. The van der Waals surface area contributed by atoms with Crippen molar-refractivity contribution in [3.8, 4) is 0 Å². The standard InChI is InChI=1S/C8H17N/c1-3-8(4-5-8)6-7-9-2/h9H,3-7H2,1-2H3. The van der Waals surface area contributed by atoms with Crippen LogP contribution in [0, 0.1) is 5.41 Å². The molecule has 1 N–H and O–H groups in total. The van der Waals surface area contributed by atoms with Gasteiger partial charge in [0.2, 0.25) is 0 Å². The molecule has 0 aliphatic heterocycles. The van der Waals surface area contributed by atoms with Gasteiger partial charge in [-0.1, -0.05) is 13.3 Å². The van der Waals surface area contributed by atoms with Gasteiger partial charge in [-0.2, -0.15) is 0 Å². The lowest BCUT2D eigenvalue weighted by molar-refractivity contribution is 0.441. The lowest BCUT2D eigenvalue weighted by atomic mass is 10.00. The summed E-state index contributed by atoms with van der Waals surface area (Å²) in [7, 11) is 2.03. The molecule has 0 aromatic heterocycles. The molecule has 0 amide bonds. The molecule has 54 valence electrons. The molecule has 0 spiro atoms. The average molecular weight is 127 g/mol. The first-order valence-corrected chi connectivity index (χ1v) is 3.97. The second-order valence-corrected chi connectivity index (χ2v) is 3.21. The molecule has 1 heteroatoms. The molecule has 1 fully saturated rings. The van der Waals surface area contributed by atoms with E-state index in [2.05, 4.69) is 12.2 Å². The molecule has 0 bridgehead atoms. The minimum Gasteiger partial charge on any atom is -0.320 e. The van der Waals surface area contributed by atoms with E-state index in [1.807, 2.05) is 7.05 Å². The second kappa shape index (κ2) is 2.70. The van der Waals surface area contributed by atoms with Gasteiger partial charge < -0.3 is 5.32 Å². The Hall–Kier alpha value is -0.0400. The van der Waals surface area contributed by atoms with Gasteiger partial charge in [0.15, 0.2) is 0 Å². The zero-order chi connectivity index (χ0) is 6.74. The third kappa shape index (κ3) is 1.68. The van der Waals surface area contributed by atoms with E-state index in [1.165, 1.54) is 32.2 Å². The van der Waals surface area contributed by atoms with Crippen LogP contribution in [0.15, 0.2) is 0 Å². The first kappa shape index (κ1) is 7.07. The van der Waals surface area contributed by atoms with E-state index in [0.717, 1.165) is 5.41 Å². The van der Waals surface area contributed by atoms with Crippen LogP contribution in [0.2, 0.25) is 0 Å². The van der Waals surface area contributed by atoms with Crippen molar-refractivity contribution < 1.29 is 0 Å². The Morgan fingerprint density at radius 2 is 2.11 bits per heavy atom. The van der Waals surface area contributed by atoms with Crippen molar-refractivity contribution in [3.63, 3.8) is 0 Å². The van der Waals surface area contributed by atoms with Gasteiger partial charge in [0.1, 0.15) is 0 Å². The van der Waals surface area contributed by atoms with Gasteiger partial charge in [-0.05, 0) is 38.3 Å². The van der Waals surface area contributed by atoms with Crippen molar-refractivity contribution >= 4 is 0 Å². The van der Waals surface area contributed by atoms with Crippen LogP contribution in [0.5, 0.6) is 0 Å². The number of hydrogen-bond donors (Lipinski definition) is 1. The number of hydrogen-bond acceptors (Lipinski definition) is 1. The highest BCUT2D eigenvalue weighted by Gasteiger charge is 2.39. The van der Waals surface area contributed by atoms with E-state index in [1.54, 1.807) is 0 Å². The van der Waals surface area contributed by atoms with Crippen LogP contribution < -0.4 is 5.32 Å². The minimum absolute atomic E-state index is 0.781. The third-order valence-electron chi connectivity index (χ3n) is 2.61. The molecule has 1 rings (SSSR count). The minimum atomic E-state index is 0.781. The van der Waals surface area contributed by atoms with Crippen LogP contribution in [0.3, 0.4) is 0 Å². The summed E-state index contributed by atoms with van der Waals surface area (Å²) >= 11 is 0. The van der Waals surface area contributed by atoms with Gasteiger partial charge >= 0.3 is 0 Å². The summed E-state index contributed by atoms with van der Waals surface area (Å²) in [6.07, 6.45) is 5.73.